The molecule has 138 valence electrons. The van der Waals surface area contributed by atoms with E-state index in [1.54, 1.807) is 18.2 Å². The lowest BCUT2D eigenvalue weighted by atomic mass is 10.0. The van der Waals surface area contributed by atoms with Crippen LogP contribution in [0.1, 0.15) is 26.2 Å². The summed E-state index contributed by atoms with van der Waals surface area (Å²) in [5.74, 6) is -0.799. The molecular weight excluding hydrogens is 342 g/mol. The Kier molecular flexibility index (Phi) is 7.68. The van der Waals surface area contributed by atoms with Crippen molar-refractivity contribution in [1.82, 2.24) is 9.80 Å². The Balaban J connectivity index is 1.71. The molecule has 1 amide bonds. The fourth-order valence-corrected chi connectivity index (χ4v) is 3.42. The van der Waals surface area contributed by atoms with E-state index < -0.39 is 5.97 Å². The summed E-state index contributed by atoms with van der Waals surface area (Å²) in [4.78, 5) is 27.3. The number of likely N-dealkylation sites (N-methyl/N-ethyl adjacent to an activating group) is 1. The number of carboxylic acids is 1. The van der Waals surface area contributed by atoms with Crippen LogP contribution in [-0.2, 0) is 9.59 Å². The lowest BCUT2D eigenvalue weighted by Crippen LogP contribution is -2.47. The molecule has 1 saturated heterocycles. The van der Waals surface area contributed by atoms with E-state index in [1.165, 1.54) is 0 Å². The first-order valence-electron chi connectivity index (χ1n) is 8.71. The molecule has 2 N–H and O–H groups in total. The fourth-order valence-electron chi connectivity index (χ4n) is 3.23. The highest BCUT2D eigenvalue weighted by Gasteiger charge is 2.25. The smallest absolute Gasteiger partial charge is 0.317 e. The first-order valence-corrected chi connectivity index (χ1v) is 9.09. The van der Waals surface area contributed by atoms with E-state index in [0.717, 1.165) is 32.5 Å². The van der Waals surface area contributed by atoms with Gasteiger partial charge >= 0.3 is 5.97 Å². The molecule has 0 bridgehead atoms. The number of halogens is 1. The van der Waals surface area contributed by atoms with Crippen molar-refractivity contribution in [2.24, 2.45) is 0 Å². The van der Waals surface area contributed by atoms with E-state index in [-0.39, 0.29) is 12.5 Å². The molecule has 0 radical (unpaired) electrons. The van der Waals surface area contributed by atoms with Crippen LogP contribution >= 0.6 is 11.6 Å². The Morgan fingerprint density at radius 2 is 2.08 bits per heavy atom. The van der Waals surface area contributed by atoms with Crippen LogP contribution < -0.4 is 5.32 Å². The zero-order valence-corrected chi connectivity index (χ0v) is 15.3. The predicted molar refractivity (Wildman–Crippen MR) is 99.0 cm³/mol. The highest BCUT2D eigenvalue weighted by molar-refractivity contribution is 6.30. The largest absolute Gasteiger partial charge is 0.480 e. The van der Waals surface area contributed by atoms with Gasteiger partial charge in [-0.25, -0.2) is 0 Å². The second kappa shape index (κ2) is 9.75. The third-order valence-corrected chi connectivity index (χ3v) is 4.82. The highest BCUT2D eigenvalue weighted by atomic mass is 35.5. The molecule has 0 spiro atoms. The second-order valence-electron chi connectivity index (χ2n) is 6.34. The number of piperidine rings is 1. The number of hydrogen-bond acceptors (Lipinski definition) is 4. The van der Waals surface area contributed by atoms with Crippen molar-refractivity contribution >= 4 is 29.2 Å². The average Bonchev–Trinajstić information content (AvgIpc) is 2.58. The Bertz CT molecular complexity index is 589. The number of benzene rings is 1. The summed E-state index contributed by atoms with van der Waals surface area (Å²) >= 11 is 5.91. The van der Waals surface area contributed by atoms with Crippen LogP contribution in [0.5, 0.6) is 0 Å². The summed E-state index contributed by atoms with van der Waals surface area (Å²) in [6.07, 6.45) is 2.32. The molecule has 1 aromatic carbocycles. The molecule has 7 heteroatoms. The van der Waals surface area contributed by atoms with Crippen molar-refractivity contribution in [3.8, 4) is 0 Å². The molecule has 6 nitrogen and oxygen atoms in total. The number of hydrogen-bond donors (Lipinski definition) is 2. The first kappa shape index (κ1) is 19.7. The van der Waals surface area contributed by atoms with E-state index in [4.69, 9.17) is 16.7 Å². The standard InChI is InChI=1S/C18H26ClN3O3/c1-2-22(13-18(24)25)16-6-9-21(10-7-16)11-8-17(23)20-15-5-3-4-14(19)12-15/h3-5,12,16H,2,6-11,13H2,1H3,(H,20,23)(H,24,25). The highest BCUT2D eigenvalue weighted by Crippen LogP contribution is 2.17. The van der Waals surface area contributed by atoms with Crippen LogP contribution in [-0.4, -0.2) is 65.5 Å². The minimum absolute atomic E-state index is 0.0227. The average molecular weight is 368 g/mol. The Hall–Kier alpha value is -1.63. The number of aliphatic carboxylic acids is 1. The number of anilines is 1. The molecule has 1 aliphatic rings. The number of carbonyl (C=O) groups excluding carboxylic acids is 1. The van der Waals surface area contributed by atoms with Crippen molar-refractivity contribution in [3.05, 3.63) is 29.3 Å². The van der Waals surface area contributed by atoms with E-state index in [0.29, 0.717) is 29.7 Å². The lowest BCUT2D eigenvalue weighted by Gasteiger charge is -2.37. The van der Waals surface area contributed by atoms with Crippen LogP contribution in [0.3, 0.4) is 0 Å². The minimum Gasteiger partial charge on any atom is -0.480 e. The summed E-state index contributed by atoms with van der Waals surface area (Å²) < 4.78 is 0. The Morgan fingerprint density at radius 1 is 1.36 bits per heavy atom. The summed E-state index contributed by atoms with van der Waals surface area (Å²) in [7, 11) is 0. The summed E-state index contributed by atoms with van der Waals surface area (Å²) in [5, 5.41) is 12.4. The maximum absolute atomic E-state index is 12.1. The third-order valence-electron chi connectivity index (χ3n) is 4.58. The molecule has 0 aliphatic carbocycles. The second-order valence-corrected chi connectivity index (χ2v) is 6.77. The van der Waals surface area contributed by atoms with Gasteiger partial charge in [0.2, 0.25) is 5.91 Å². The van der Waals surface area contributed by atoms with Crippen molar-refractivity contribution in [3.63, 3.8) is 0 Å². The van der Waals surface area contributed by atoms with Gasteiger partial charge in [0, 0.05) is 29.7 Å². The van der Waals surface area contributed by atoms with Gasteiger partial charge in [-0.2, -0.15) is 0 Å². The molecule has 2 rings (SSSR count). The van der Waals surface area contributed by atoms with Gasteiger partial charge in [-0.05, 0) is 50.7 Å². The maximum Gasteiger partial charge on any atom is 0.317 e. The third kappa shape index (κ3) is 6.65. The lowest BCUT2D eigenvalue weighted by molar-refractivity contribution is -0.139. The molecule has 0 unspecified atom stereocenters. The van der Waals surface area contributed by atoms with Gasteiger partial charge in [-0.1, -0.05) is 24.6 Å². The summed E-state index contributed by atoms with van der Waals surface area (Å²) in [6.45, 7) is 5.35. The van der Waals surface area contributed by atoms with Crippen molar-refractivity contribution in [2.45, 2.75) is 32.2 Å². The van der Waals surface area contributed by atoms with E-state index in [9.17, 15) is 9.59 Å². The Labute approximate surface area is 153 Å². The van der Waals surface area contributed by atoms with Crippen molar-refractivity contribution in [2.75, 3.05) is 38.0 Å². The quantitative estimate of drug-likeness (QED) is 0.738. The molecule has 1 aromatic rings. The molecule has 0 atom stereocenters. The summed E-state index contributed by atoms with van der Waals surface area (Å²) in [6, 6.07) is 7.44. The number of carbonyl (C=O) groups is 2. The fraction of sp³-hybridized carbons (Fsp3) is 0.556. The van der Waals surface area contributed by atoms with Crippen LogP contribution in [0, 0.1) is 0 Å². The molecule has 1 heterocycles. The zero-order chi connectivity index (χ0) is 18.2. The number of likely N-dealkylation sites (tertiary alicyclic amines) is 1. The monoisotopic (exact) mass is 367 g/mol. The van der Waals surface area contributed by atoms with Gasteiger partial charge in [-0.15, -0.1) is 0 Å². The van der Waals surface area contributed by atoms with Gasteiger partial charge in [-0.3, -0.25) is 14.5 Å². The predicted octanol–water partition coefficient (Wildman–Crippen LogP) is 2.54. The molecule has 0 saturated carbocycles. The van der Waals surface area contributed by atoms with E-state index >= 15 is 0 Å². The summed E-state index contributed by atoms with van der Waals surface area (Å²) in [5.41, 5.74) is 0.712. The Morgan fingerprint density at radius 3 is 2.68 bits per heavy atom. The number of nitrogens with zero attached hydrogens (tertiary/aromatic N) is 2. The van der Waals surface area contributed by atoms with Crippen LogP contribution in [0.25, 0.3) is 0 Å². The minimum atomic E-state index is -0.776. The molecule has 25 heavy (non-hydrogen) atoms. The van der Waals surface area contributed by atoms with Crippen molar-refractivity contribution in [1.29, 1.82) is 0 Å². The number of rotatable bonds is 8. The van der Waals surface area contributed by atoms with E-state index in [2.05, 4.69) is 10.2 Å². The van der Waals surface area contributed by atoms with Crippen LogP contribution in [0.4, 0.5) is 5.69 Å². The van der Waals surface area contributed by atoms with Gasteiger partial charge in [0.15, 0.2) is 0 Å². The van der Waals surface area contributed by atoms with Gasteiger partial charge < -0.3 is 15.3 Å². The van der Waals surface area contributed by atoms with Gasteiger partial charge in [0.1, 0.15) is 0 Å². The van der Waals surface area contributed by atoms with Gasteiger partial charge in [0.05, 0.1) is 6.54 Å². The zero-order valence-electron chi connectivity index (χ0n) is 14.6. The van der Waals surface area contributed by atoms with Crippen LogP contribution in [0.2, 0.25) is 5.02 Å². The number of amides is 1. The topological polar surface area (TPSA) is 72.9 Å². The molecule has 0 aromatic heterocycles. The maximum atomic E-state index is 12.1. The molecular formula is C18H26ClN3O3. The van der Waals surface area contributed by atoms with Gasteiger partial charge in [0.25, 0.3) is 0 Å². The normalized spacial score (nSPS) is 16.1. The van der Waals surface area contributed by atoms with Crippen molar-refractivity contribution < 1.29 is 14.7 Å². The van der Waals surface area contributed by atoms with E-state index in [1.807, 2.05) is 17.9 Å². The SMILES string of the molecule is CCN(CC(=O)O)C1CCN(CCC(=O)Nc2cccc(Cl)c2)CC1. The number of nitrogens with one attached hydrogen (secondary N) is 1. The first-order chi connectivity index (χ1) is 12.0. The van der Waals surface area contributed by atoms with Crippen LogP contribution in [0.15, 0.2) is 24.3 Å². The molecule has 1 aliphatic heterocycles. The number of carboxylic acid groups (broad SMARTS) is 1. The molecule has 1 fully saturated rings.